The van der Waals surface area contributed by atoms with E-state index in [0.29, 0.717) is 13.0 Å². The average Bonchev–Trinajstić information content (AvgIpc) is 2.91. The molecule has 0 fully saturated rings. The lowest BCUT2D eigenvalue weighted by Gasteiger charge is -2.11. The third kappa shape index (κ3) is 27.7. The highest BCUT2D eigenvalue weighted by Gasteiger charge is 2.21. The van der Waals surface area contributed by atoms with Gasteiger partial charge in [0.15, 0.2) is 0 Å². The summed E-state index contributed by atoms with van der Waals surface area (Å²) < 4.78 is 5.03. The van der Waals surface area contributed by atoms with Gasteiger partial charge in [-0.05, 0) is 38.5 Å². The minimum atomic E-state index is -0.877. The van der Waals surface area contributed by atoms with Gasteiger partial charge in [0.25, 0.3) is 0 Å². The number of ether oxygens (including phenoxy) is 1. The molecule has 0 heterocycles. The average molecular weight is 537 g/mol. The maximum atomic E-state index is 11.7. The van der Waals surface area contributed by atoms with E-state index in [1.807, 2.05) is 6.92 Å². The van der Waals surface area contributed by atoms with Crippen LogP contribution in [0.2, 0.25) is 0 Å². The molecule has 0 saturated heterocycles. The van der Waals surface area contributed by atoms with E-state index in [0.717, 1.165) is 25.7 Å². The molecule has 0 aliphatic heterocycles. The molecule has 0 aliphatic rings. The van der Waals surface area contributed by atoms with Crippen LogP contribution in [0.5, 0.6) is 0 Å². The highest BCUT2D eigenvalue weighted by Crippen LogP contribution is 2.18. The fourth-order valence-corrected chi connectivity index (χ4v) is 5.02. The molecule has 0 aromatic carbocycles. The van der Waals surface area contributed by atoms with E-state index in [4.69, 9.17) is 4.74 Å². The van der Waals surface area contributed by atoms with Crippen molar-refractivity contribution in [3.8, 4) is 0 Å². The van der Waals surface area contributed by atoms with Crippen molar-refractivity contribution >= 4 is 11.9 Å². The molecule has 0 aromatic heterocycles. The summed E-state index contributed by atoms with van der Waals surface area (Å²) in [4.78, 5) is 23.0. The summed E-state index contributed by atoms with van der Waals surface area (Å²) in [6, 6.07) is 0. The maximum Gasteiger partial charge on any atom is 0.307 e. The van der Waals surface area contributed by atoms with E-state index >= 15 is 0 Å². The maximum absolute atomic E-state index is 11.7. The van der Waals surface area contributed by atoms with Crippen molar-refractivity contribution in [2.45, 2.75) is 181 Å². The monoisotopic (exact) mass is 536 g/mol. The van der Waals surface area contributed by atoms with E-state index in [9.17, 15) is 14.7 Å². The van der Waals surface area contributed by atoms with Crippen LogP contribution in [0.4, 0.5) is 0 Å². The molecule has 1 atom stereocenters. The lowest BCUT2D eigenvalue weighted by molar-refractivity contribution is -0.151. The molecule has 0 rings (SSSR count). The summed E-state index contributed by atoms with van der Waals surface area (Å²) in [6.45, 7) is 4.59. The van der Waals surface area contributed by atoms with Gasteiger partial charge < -0.3 is 9.84 Å². The van der Waals surface area contributed by atoms with E-state index in [1.54, 1.807) is 0 Å². The number of unbranched alkanes of at least 4 members (excludes halogenated alkanes) is 21. The number of esters is 1. The summed E-state index contributed by atoms with van der Waals surface area (Å²) in [5, 5.41) is 9.32. The van der Waals surface area contributed by atoms with Crippen molar-refractivity contribution in [3.05, 3.63) is 12.2 Å². The van der Waals surface area contributed by atoms with Gasteiger partial charge in [-0.3, -0.25) is 9.59 Å². The van der Waals surface area contributed by atoms with Crippen LogP contribution >= 0.6 is 0 Å². The number of hydrogen-bond donors (Lipinski definition) is 1. The molecule has 1 N–H and O–H groups in total. The molecule has 0 aliphatic carbocycles. The molecule has 224 valence electrons. The molecule has 0 radical (unpaired) electrons. The summed E-state index contributed by atoms with van der Waals surface area (Å²) in [5.41, 5.74) is 0. The first kappa shape index (κ1) is 36.7. The first-order chi connectivity index (χ1) is 18.6. The number of carboxylic acid groups (broad SMARTS) is 1. The highest BCUT2D eigenvalue weighted by atomic mass is 16.5. The lowest BCUT2D eigenvalue weighted by atomic mass is 9.97. The second-order valence-corrected chi connectivity index (χ2v) is 11.4. The molecule has 0 spiro atoms. The van der Waals surface area contributed by atoms with Crippen LogP contribution in [0.15, 0.2) is 12.2 Å². The third-order valence-corrected chi connectivity index (χ3v) is 7.54. The Bertz CT molecular complexity index is 543. The molecule has 4 nitrogen and oxygen atoms in total. The van der Waals surface area contributed by atoms with Crippen LogP contribution in [-0.2, 0) is 14.3 Å². The number of carbonyl (C=O) groups excluding carboxylic acids is 1. The van der Waals surface area contributed by atoms with Crippen LogP contribution in [0, 0.1) is 5.92 Å². The molecule has 38 heavy (non-hydrogen) atoms. The van der Waals surface area contributed by atoms with Gasteiger partial charge in [0.05, 0.1) is 18.9 Å². The number of carbonyl (C=O) groups is 2. The largest absolute Gasteiger partial charge is 0.481 e. The Labute approximate surface area is 236 Å². The quantitative estimate of drug-likeness (QED) is 0.0563. The normalized spacial score (nSPS) is 12.3. The van der Waals surface area contributed by atoms with Crippen LogP contribution < -0.4 is 0 Å². The second-order valence-electron chi connectivity index (χ2n) is 11.4. The van der Waals surface area contributed by atoms with Gasteiger partial charge in [0.2, 0.25) is 0 Å². The fraction of sp³-hybridized carbons (Fsp3) is 0.882. The number of hydrogen-bond acceptors (Lipinski definition) is 3. The van der Waals surface area contributed by atoms with Crippen molar-refractivity contribution in [2.24, 2.45) is 5.92 Å². The topological polar surface area (TPSA) is 63.6 Å². The Kier molecular flexibility index (Phi) is 29.2. The SMILES string of the molecule is CCCCCCCCCCCCC/C=C/CCCCCCCCCCCCC(CC(=O)OCCC)C(=O)O. The van der Waals surface area contributed by atoms with Crippen molar-refractivity contribution in [1.29, 1.82) is 0 Å². The van der Waals surface area contributed by atoms with Crippen molar-refractivity contribution in [2.75, 3.05) is 6.61 Å². The Morgan fingerprint density at radius 3 is 1.37 bits per heavy atom. The van der Waals surface area contributed by atoms with Crippen molar-refractivity contribution in [3.63, 3.8) is 0 Å². The first-order valence-corrected chi connectivity index (χ1v) is 16.6. The first-order valence-electron chi connectivity index (χ1n) is 16.6. The molecule has 0 aromatic rings. The Morgan fingerprint density at radius 1 is 0.579 bits per heavy atom. The van der Waals surface area contributed by atoms with Crippen LogP contribution in [0.1, 0.15) is 181 Å². The molecule has 4 heteroatoms. The van der Waals surface area contributed by atoms with E-state index in [2.05, 4.69) is 19.1 Å². The number of rotatable bonds is 30. The van der Waals surface area contributed by atoms with E-state index < -0.39 is 11.9 Å². The van der Waals surface area contributed by atoms with Crippen LogP contribution in [-0.4, -0.2) is 23.7 Å². The summed E-state index contributed by atoms with van der Waals surface area (Å²) in [6.07, 6.45) is 36.5. The van der Waals surface area contributed by atoms with Crippen LogP contribution in [0.3, 0.4) is 0 Å². The minimum Gasteiger partial charge on any atom is -0.481 e. The van der Waals surface area contributed by atoms with Gasteiger partial charge in [-0.1, -0.05) is 148 Å². The summed E-state index contributed by atoms with van der Waals surface area (Å²) >= 11 is 0. The van der Waals surface area contributed by atoms with E-state index in [-0.39, 0.29) is 12.4 Å². The summed E-state index contributed by atoms with van der Waals surface area (Å²) in [7, 11) is 0. The zero-order chi connectivity index (χ0) is 27.9. The van der Waals surface area contributed by atoms with Gasteiger partial charge in [-0.25, -0.2) is 0 Å². The third-order valence-electron chi connectivity index (χ3n) is 7.54. The molecule has 0 saturated carbocycles. The van der Waals surface area contributed by atoms with Gasteiger partial charge in [-0.15, -0.1) is 0 Å². The lowest BCUT2D eigenvalue weighted by Crippen LogP contribution is -2.19. The standard InChI is InChI=1S/C34H64O4/c1-3-5-6-7-8-9-10-11-12-13-14-15-16-17-18-19-20-21-22-23-24-25-26-27-28-29-32(34(36)37)31-33(35)38-30-4-2/h16-17,32H,3-15,18-31H2,1-2H3,(H,36,37)/b17-16+. The summed E-state index contributed by atoms with van der Waals surface area (Å²) in [5.74, 6) is -1.85. The van der Waals surface area contributed by atoms with Gasteiger partial charge in [0, 0.05) is 0 Å². The second kappa shape index (κ2) is 30.2. The molecule has 0 bridgehead atoms. The Balaban J connectivity index is 3.34. The highest BCUT2D eigenvalue weighted by molar-refractivity contribution is 5.78. The minimum absolute atomic E-state index is 0.00449. The molecular formula is C34H64O4. The zero-order valence-electron chi connectivity index (χ0n) is 25.5. The Hall–Kier alpha value is -1.32. The fourth-order valence-electron chi connectivity index (χ4n) is 5.02. The molecule has 1 unspecified atom stereocenters. The molecular weight excluding hydrogens is 472 g/mol. The Morgan fingerprint density at radius 2 is 0.974 bits per heavy atom. The van der Waals surface area contributed by atoms with Gasteiger partial charge in [-0.2, -0.15) is 0 Å². The van der Waals surface area contributed by atoms with Gasteiger partial charge in [0.1, 0.15) is 0 Å². The van der Waals surface area contributed by atoms with Gasteiger partial charge >= 0.3 is 11.9 Å². The van der Waals surface area contributed by atoms with Crippen molar-refractivity contribution < 1.29 is 19.4 Å². The molecule has 0 amide bonds. The number of aliphatic carboxylic acids is 1. The zero-order valence-corrected chi connectivity index (χ0v) is 25.5. The number of allylic oxidation sites excluding steroid dienone is 2. The predicted molar refractivity (Wildman–Crippen MR) is 163 cm³/mol. The smallest absolute Gasteiger partial charge is 0.307 e. The van der Waals surface area contributed by atoms with E-state index in [1.165, 1.54) is 128 Å². The predicted octanol–water partition coefficient (Wildman–Crippen LogP) is 11.0. The van der Waals surface area contributed by atoms with Crippen molar-refractivity contribution in [1.82, 2.24) is 0 Å². The number of carboxylic acids is 1. The van der Waals surface area contributed by atoms with Crippen LogP contribution in [0.25, 0.3) is 0 Å².